The van der Waals surface area contributed by atoms with Gasteiger partial charge in [0.1, 0.15) is 0 Å². The normalized spacial score (nSPS) is 10.0. The summed E-state index contributed by atoms with van der Waals surface area (Å²) in [6, 6.07) is 7.83. The Balaban J connectivity index is 2.56. The zero-order chi connectivity index (χ0) is 9.52. The molecule has 0 saturated carbocycles. The van der Waals surface area contributed by atoms with Crippen molar-refractivity contribution >= 4 is 5.69 Å². The Morgan fingerprint density at radius 3 is 2.69 bits per heavy atom. The van der Waals surface area contributed by atoms with E-state index in [9.17, 15) is 0 Å². The Bertz CT molecular complexity index is 250. The second-order valence-electron chi connectivity index (χ2n) is 2.82. The van der Waals surface area contributed by atoms with Crippen LogP contribution < -0.4 is 5.32 Å². The molecular weight excluding hydrogens is 166 g/mol. The minimum Gasteiger partial charge on any atom is -0.396 e. The van der Waals surface area contributed by atoms with Gasteiger partial charge in [0.05, 0.1) is 6.61 Å². The van der Waals surface area contributed by atoms with E-state index in [-0.39, 0.29) is 13.2 Å². The molecule has 0 bridgehead atoms. The number of anilines is 1. The Hall–Kier alpha value is -1.06. The van der Waals surface area contributed by atoms with Gasteiger partial charge in [0.25, 0.3) is 0 Å². The van der Waals surface area contributed by atoms with Crippen molar-refractivity contribution in [3.8, 4) is 0 Å². The average molecular weight is 181 g/mol. The molecular formula is C10H15NO2. The highest BCUT2D eigenvalue weighted by Crippen LogP contribution is 2.10. The molecule has 0 radical (unpaired) electrons. The number of rotatable bonds is 5. The topological polar surface area (TPSA) is 52.5 Å². The molecule has 1 aromatic carbocycles. The number of aliphatic hydroxyl groups is 2. The van der Waals surface area contributed by atoms with Crippen LogP contribution in [0.1, 0.15) is 5.56 Å². The molecule has 0 saturated heterocycles. The van der Waals surface area contributed by atoms with Gasteiger partial charge in [-0.3, -0.25) is 0 Å². The first kappa shape index (κ1) is 10.0. The lowest BCUT2D eigenvalue weighted by Gasteiger charge is -2.05. The van der Waals surface area contributed by atoms with Gasteiger partial charge in [0, 0.05) is 18.8 Å². The summed E-state index contributed by atoms with van der Waals surface area (Å²) in [5.74, 6) is 0. The first-order valence-corrected chi connectivity index (χ1v) is 4.41. The monoisotopic (exact) mass is 181 g/mol. The minimum atomic E-state index is 0.129. The number of benzene rings is 1. The van der Waals surface area contributed by atoms with Crippen LogP contribution in [0.15, 0.2) is 24.3 Å². The first-order valence-electron chi connectivity index (χ1n) is 4.41. The van der Waals surface area contributed by atoms with Crippen molar-refractivity contribution < 1.29 is 10.2 Å². The van der Waals surface area contributed by atoms with Crippen LogP contribution in [0.5, 0.6) is 0 Å². The standard InChI is InChI=1S/C10H15NO2/c12-6-4-9-2-1-3-10(8-9)11-5-7-13/h1-3,8,11-13H,4-7H2. The molecule has 13 heavy (non-hydrogen) atoms. The number of hydrogen-bond donors (Lipinski definition) is 3. The molecule has 0 aliphatic rings. The highest BCUT2D eigenvalue weighted by molar-refractivity contribution is 5.45. The molecule has 3 nitrogen and oxygen atoms in total. The number of hydrogen-bond acceptors (Lipinski definition) is 3. The summed E-state index contributed by atoms with van der Waals surface area (Å²) < 4.78 is 0. The molecule has 1 rings (SSSR count). The van der Waals surface area contributed by atoms with E-state index in [1.807, 2.05) is 24.3 Å². The first-order chi connectivity index (χ1) is 6.36. The zero-order valence-corrected chi connectivity index (χ0v) is 7.53. The lowest BCUT2D eigenvalue weighted by atomic mass is 10.1. The summed E-state index contributed by atoms with van der Waals surface area (Å²) in [7, 11) is 0. The predicted molar refractivity (Wildman–Crippen MR) is 52.8 cm³/mol. The van der Waals surface area contributed by atoms with Gasteiger partial charge in [-0.2, -0.15) is 0 Å². The van der Waals surface area contributed by atoms with Gasteiger partial charge in [-0.1, -0.05) is 12.1 Å². The smallest absolute Gasteiger partial charge is 0.0604 e. The van der Waals surface area contributed by atoms with Gasteiger partial charge in [-0.15, -0.1) is 0 Å². The lowest BCUT2D eigenvalue weighted by Crippen LogP contribution is -2.05. The molecule has 3 heteroatoms. The van der Waals surface area contributed by atoms with Crippen LogP contribution in [0.2, 0.25) is 0 Å². The van der Waals surface area contributed by atoms with E-state index >= 15 is 0 Å². The van der Waals surface area contributed by atoms with Gasteiger partial charge in [0.15, 0.2) is 0 Å². The van der Waals surface area contributed by atoms with E-state index in [0.717, 1.165) is 11.3 Å². The fourth-order valence-electron chi connectivity index (χ4n) is 1.17. The fourth-order valence-corrected chi connectivity index (χ4v) is 1.17. The maximum Gasteiger partial charge on any atom is 0.0604 e. The van der Waals surface area contributed by atoms with Crippen LogP contribution in [0.3, 0.4) is 0 Å². The highest BCUT2D eigenvalue weighted by Gasteiger charge is 1.94. The van der Waals surface area contributed by atoms with Gasteiger partial charge >= 0.3 is 0 Å². The summed E-state index contributed by atoms with van der Waals surface area (Å²) in [4.78, 5) is 0. The lowest BCUT2D eigenvalue weighted by molar-refractivity contribution is 0.299. The van der Waals surface area contributed by atoms with Crippen LogP contribution in [-0.4, -0.2) is 30.0 Å². The predicted octanol–water partition coefficient (Wildman–Crippen LogP) is 0.626. The van der Waals surface area contributed by atoms with Crippen molar-refractivity contribution in [2.45, 2.75) is 6.42 Å². The molecule has 0 spiro atoms. The third-order valence-electron chi connectivity index (χ3n) is 1.77. The van der Waals surface area contributed by atoms with Gasteiger partial charge in [-0.05, 0) is 24.1 Å². The molecule has 0 aliphatic heterocycles. The van der Waals surface area contributed by atoms with Gasteiger partial charge in [-0.25, -0.2) is 0 Å². The molecule has 0 amide bonds. The highest BCUT2D eigenvalue weighted by atomic mass is 16.3. The summed E-state index contributed by atoms with van der Waals surface area (Å²) in [5.41, 5.74) is 2.09. The largest absolute Gasteiger partial charge is 0.396 e. The van der Waals surface area contributed by atoms with E-state index < -0.39 is 0 Å². The SMILES string of the molecule is OCCNc1cccc(CCO)c1. The molecule has 0 atom stereocenters. The third kappa shape index (κ3) is 3.44. The molecule has 0 aromatic heterocycles. The molecule has 0 aliphatic carbocycles. The molecule has 1 aromatic rings. The van der Waals surface area contributed by atoms with E-state index in [4.69, 9.17) is 10.2 Å². The Kier molecular flexibility index (Phi) is 4.29. The van der Waals surface area contributed by atoms with E-state index in [1.54, 1.807) is 0 Å². The van der Waals surface area contributed by atoms with Crippen molar-refractivity contribution in [1.82, 2.24) is 0 Å². The zero-order valence-electron chi connectivity index (χ0n) is 7.53. The average Bonchev–Trinajstić information content (AvgIpc) is 2.16. The quantitative estimate of drug-likeness (QED) is 0.624. The molecule has 3 N–H and O–H groups in total. The molecule has 0 heterocycles. The van der Waals surface area contributed by atoms with Crippen LogP contribution in [-0.2, 0) is 6.42 Å². The van der Waals surface area contributed by atoms with E-state index in [1.165, 1.54) is 0 Å². The van der Waals surface area contributed by atoms with E-state index in [0.29, 0.717) is 13.0 Å². The summed E-state index contributed by atoms with van der Waals surface area (Å²) in [6.07, 6.45) is 0.675. The Morgan fingerprint density at radius 1 is 1.15 bits per heavy atom. The van der Waals surface area contributed by atoms with Crippen molar-refractivity contribution in [2.24, 2.45) is 0 Å². The van der Waals surface area contributed by atoms with Crippen molar-refractivity contribution in [1.29, 1.82) is 0 Å². The second-order valence-corrected chi connectivity index (χ2v) is 2.82. The maximum absolute atomic E-state index is 8.73. The fraction of sp³-hybridized carbons (Fsp3) is 0.400. The van der Waals surface area contributed by atoms with Gasteiger partial charge in [0.2, 0.25) is 0 Å². The van der Waals surface area contributed by atoms with Crippen LogP contribution in [0.4, 0.5) is 5.69 Å². The third-order valence-corrected chi connectivity index (χ3v) is 1.77. The number of aliphatic hydroxyl groups excluding tert-OH is 2. The van der Waals surface area contributed by atoms with Gasteiger partial charge < -0.3 is 15.5 Å². The molecule has 72 valence electrons. The Morgan fingerprint density at radius 2 is 2.00 bits per heavy atom. The van der Waals surface area contributed by atoms with Crippen LogP contribution >= 0.6 is 0 Å². The summed E-state index contributed by atoms with van der Waals surface area (Å²) in [5, 5.41) is 20.4. The van der Waals surface area contributed by atoms with Crippen molar-refractivity contribution in [3.05, 3.63) is 29.8 Å². The Labute approximate surface area is 78.0 Å². The second kappa shape index (κ2) is 5.56. The van der Waals surface area contributed by atoms with Crippen LogP contribution in [0, 0.1) is 0 Å². The summed E-state index contributed by atoms with van der Waals surface area (Å²) in [6.45, 7) is 0.857. The van der Waals surface area contributed by atoms with E-state index in [2.05, 4.69) is 5.32 Å². The molecule has 0 unspecified atom stereocenters. The van der Waals surface area contributed by atoms with Crippen LogP contribution in [0.25, 0.3) is 0 Å². The maximum atomic E-state index is 8.73. The molecule has 0 fully saturated rings. The van der Waals surface area contributed by atoms with Crippen molar-refractivity contribution in [2.75, 3.05) is 25.1 Å². The number of nitrogens with one attached hydrogen (secondary N) is 1. The summed E-state index contributed by atoms with van der Waals surface area (Å²) >= 11 is 0. The van der Waals surface area contributed by atoms with Crippen molar-refractivity contribution in [3.63, 3.8) is 0 Å². The minimum absolute atomic E-state index is 0.129.